The Morgan fingerprint density at radius 1 is 1.12 bits per heavy atom. The molecule has 0 aliphatic rings. The van der Waals surface area contributed by atoms with E-state index in [1.165, 1.54) is 12.1 Å². The van der Waals surface area contributed by atoms with E-state index < -0.39 is 6.03 Å². The van der Waals surface area contributed by atoms with Gasteiger partial charge in [0.2, 0.25) is 5.88 Å². The Morgan fingerprint density at radius 3 is 2.50 bits per heavy atom. The molecule has 0 fully saturated rings. The molecule has 7 heteroatoms. The molecule has 24 heavy (non-hydrogen) atoms. The molecule has 0 saturated heterocycles. The van der Waals surface area contributed by atoms with Crippen LogP contribution in [-0.2, 0) is 0 Å². The van der Waals surface area contributed by atoms with Gasteiger partial charge < -0.3 is 9.84 Å². The van der Waals surface area contributed by atoms with Crippen molar-refractivity contribution in [2.45, 2.75) is 6.92 Å². The quantitative estimate of drug-likeness (QED) is 0.766. The van der Waals surface area contributed by atoms with Crippen molar-refractivity contribution < 1.29 is 13.7 Å². The molecule has 0 bridgehead atoms. The van der Waals surface area contributed by atoms with E-state index in [0.29, 0.717) is 23.4 Å². The summed E-state index contributed by atoms with van der Waals surface area (Å²) in [5, 5.41) is 9.31. The van der Waals surface area contributed by atoms with Gasteiger partial charge in [-0.1, -0.05) is 5.16 Å². The Balaban J connectivity index is 2.08. The zero-order valence-electron chi connectivity index (χ0n) is 12.9. The summed E-state index contributed by atoms with van der Waals surface area (Å²) in [4.78, 5) is 15.8. The minimum atomic E-state index is -0.394. The lowest BCUT2D eigenvalue weighted by atomic mass is 10.0. The third kappa shape index (κ3) is 3.24. The van der Waals surface area contributed by atoms with Crippen molar-refractivity contribution in [2.75, 3.05) is 11.9 Å². The Bertz CT molecular complexity index is 832. The Kier molecular flexibility index (Phi) is 4.51. The number of hydrogen-bond donors (Lipinski definition) is 2. The number of carbonyl (C=O) groups excluding carboxylic acids is 1. The van der Waals surface area contributed by atoms with E-state index in [1.54, 1.807) is 36.7 Å². The van der Waals surface area contributed by atoms with Crippen LogP contribution in [0.2, 0.25) is 0 Å². The zero-order chi connectivity index (χ0) is 16.9. The normalized spacial score (nSPS) is 10.4. The highest BCUT2D eigenvalue weighted by atomic mass is 19.1. The lowest BCUT2D eigenvalue weighted by Crippen LogP contribution is -2.28. The molecule has 3 rings (SSSR count). The van der Waals surface area contributed by atoms with Crippen LogP contribution in [0.3, 0.4) is 0 Å². The van der Waals surface area contributed by atoms with E-state index in [4.69, 9.17) is 4.52 Å². The maximum Gasteiger partial charge on any atom is 0.321 e. The van der Waals surface area contributed by atoms with Crippen LogP contribution < -0.4 is 10.6 Å². The van der Waals surface area contributed by atoms with Crippen molar-refractivity contribution in [1.82, 2.24) is 15.5 Å². The van der Waals surface area contributed by atoms with Crippen LogP contribution in [0, 0.1) is 5.82 Å². The number of benzene rings is 1. The first-order chi connectivity index (χ1) is 11.7. The van der Waals surface area contributed by atoms with Crippen LogP contribution in [-0.4, -0.2) is 22.7 Å². The van der Waals surface area contributed by atoms with Gasteiger partial charge in [0.1, 0.15) is 11.5 Å². The maximum atomic E-state index is 13.2. The van der Waals surface area contributed by atoms with Gasteiger partial charge in [0.25, 0.3) is 0 Å². The first kappa shape index (κ1) is 15.7. The predicted octanol–water partition coefficient (Wildman–Crippen LogP) is 3.68. The summed E-state index contributed by atoms with van der Waals surface area (Å²) in [5.41, 5.74) is 2.57. The SMILES string of the molecule is CCNC(=O)Nc1onc(-c2ccc(F)cc2)c1-c1ccncc1. The molecule has 0 saturated carbocycles. The molecule has 0 radical (unpaired) electrons. The van der Waals surface area contributed by atoms with Crippen molar-refractivity contribution in [3.05, 3.63) is 54.6 Å². The number of carbonyl (C=O) groups is 1. The van der Waals surface area contributed by atoms with Gasteiger partial charge in [-0.3, -0.25) is 10.3 Å². The van der Waals surface area contributed by atoms with Crippen molar-refractivity contribution >= 4 is 11.9 Å². The third-order valence-corrected chi connectivity index (χ3v) is 3.34. The third-order valence-electron chi connectivity index (χ3n) is 3.34. The summed E-state index contributed by atoms with van der Waals surface area (Å²) < 4.78 is 18.5. The van der Waals surface area contributed by atoms with E-state index in [2.05, 4.69) is 20.8 Å². The van der Waals surface area contributed by atoms with Crippen LogP contribution in [0.1, 0.15) is 6.92 Å². The molecular weight excluding hydrogens is 311 g/mol. The van der Waals surface area contributed by atoms with E-state index >= 15 is 0 Å². The summed E-state index contributed by atoms with van der Waals surface area (Å²) >= 11 is 0. The Hall–Kier alpha value is -3.22. The summed E-state index contributed by atoms with van der Waals surface area (Å²) in [6.45, 7) is 2.29. The molecule has 0 atom stereocenters. The number of anilines is 1. The number of pyridine rings is 1. The molecule has 0 aliphatic heterocycles. The Labute approximate surface area is 137 Å². The van der Waals surface area contributed by atoms with Gasteiger partial charge in [-0.15, -0.1) is 0 Å². The molecular formula is C17H15FN4O2. The lowest BCUT2D eigenvalue weighted by Gasteiger charge is -2.06. The van der Waals surface area contributed by atoms with Crippen molar-refractivity contribution in [1.29, 1.82) is 0 Å². The molecule has 0 aliphatic carbocycles. The second kappa shape index (κ2) is 6.91. The molecule has 3 aromatic rings. The van der Waals surface area contributed by atoms with Crippen molar-refractivity contribution in [3.8, 4) is 22.4 Å². The minimum absolute atomic E-state index is 0.214. The molecule has 0 unspecified atom stereocenters. The highest BCUT2D eigenvalue weighted by Gasteiger charge is 2.21. The highest BCUT2D eigenvalue weighted by Crippen LogP contribution is 2.37. The van der Waals surface area contributed by atoms with Crippen LogP contribution in [0.5, 0.6) is 0 Å². The van der Waals surface area contributed by atoms with Gasteiger partial charge in [0.05, 0.1) is 5.56 Å². The van der Waals surface area contributed by atoms with Gasteiger partial charge in [0, 0.05) is 24.5 Å². The van der Waals surface area contributed by atoms with Gasteiger partial charge in [0.15, 0.2) is 0 Å². The second-order valence-corrected chi connectivity index (χ2v) is 4.96. The van der Waals surface area contributed by atoms with Gasteiger partial charge in [-0.25, -0.2) is 9.18 Å². The number of amides is 2. The number of halogens is 1. The number of hydrogen-bond acceptors (Lipinski definition) is 4. The molecule has 2 amide bonds. The van der Waals surface area contributed by atoms with Crippen molar-refractivity contribution in [2.24, 2.45) is 0 Å². The maximum absolute atomic E-state index is 13.2. The summed E-state index contributed by atoms with van der Waals surface area (Å²) in [5.74, 6) is -0.125. The smallest absolute Gasteiger partial charge is 0.321 e. The summed E-state index contributed by atoms with van der Waals surface area (Å²) in [6.07, 6.45) is 3.26. The van der Waals surface area contributed by atoms with E-state index in [-0.39, 0.29) is 11.7 Å². The fourth-order valence-electron chi connectivity index (χ4n) is 2.27. The fraction of sp³-hybridized carbons (Fsp3) is 0.118. The first-order valence-corrected chi connectivity index (χ1v) is 7.40. The average Bonchev–Trinajstić information content (AvgIpc) is 3.00. The standard InChI is InChI=1S/C17H15FN4O2/c1-2-20-17(23)21-16-14(11-7-9-19-10-8-11)15(22-24-16)12-3-5-13(18)6-4-12/h3-10H,2H2,1H3,(H2,20,21,23). The average molecular weight is 326 g/mol. The van der Waals surface area contributed by atoms with E-state index in [0.717, 1.165) is 5.56 Å². The van der Waals surface area contributed by atoms with Gasteiger partial charge in [-0.2, -0.15) is 0 Å². The van der Waals surface area contributed by atoms with Crippen LogP contribution in [0.4, 0.5) is 15.1 Å². The summed E-state index contributed by atoms with van der Waals surface area (Å²) in [7, 11) is 0. The topological polar surface area (TPSA) is 80.0 Å². The highest BCUT2D eigenvalue weighted by molar-refractivity contribution is 5.96. The summed E-state index contributed by atoms with van der Waals surface area (Å²) in [6, 6.07) is 9.07. The number of rotatable bonds is 4. The number of nitrogens with zero attached hydrogens (tertiary/aromatic N) is 2. The fourth-order valence-corrected chi connectivity index (χ4v) is 2.27. The van der Waals surface area contributed by atoms with Gasteiger partial charge in [-0.05, 0) is 48.9 Å². The van der Waals surface area contributed by atoms with Crippen LogP contribution in [0.15, 0.2) is 53.3 Å². The zero-order valence-corrected chi connectivity index (χ0v) is 12.9. The lowest BCUT2D eigenvalue weighted by molar-refractivity contribution is 0.251. The van der Waals surface area contributed by atoms with Crippen molar-refractivity contribution in [3.63, 3.8) is 0 Å². The molecule has 2 aromatic heterocycles. The monoisotopic (exact) mass is 326 g/mol. The number of nitrogens with one attached hydrogen (secondary N) is 2. The Morgan fingerprint density at radius 2 is 1.83 bits per heavy atom. The molecule has 1 aromatic carbocycles. The van der Waals surface area contributed by atoms with Gasteiger partial charge >= 0.3 is 6.03 Å². The van der Waals surface area contributed by atoms with Crippen LogP contribution in [0.25, 0.3) is 22.4 Å². The molecule has 0 spiro atoms. The minimum Gasteiger partial charge on any atom is -0.338 e. The first-order valence-electron chi connectivity index (χ1n) is 7.40. The predicted molar refractivity (Wildman–Crippen MR) is 87.8 cm³/mol. The molecule has 6 nitrogen and oxygen atoms in total. The van der Waals surface area contributed by atoms with E-state index in [9.17, 15) is 9.18 Å². The molecule has 2 N–H and O–H groups in total. The number of urea groups is 1. The number of aromatic nitrogens is 2. The van der Waals surface area contributed by atoms with E-state index in [1.807, 2.05) is 6.92 Å². The molecule has 2 heterocycles. The second-order valence-electron chi connectivity index (χ2n) is 4.96. The largest absolute Gasteiger partial charge is 0.338 e. The van der Waals surface area contributed by atoms with Crippen LogP contribution >= 0.6 is 0 Å². The molecule has 122 valence electrons.